The van der Waals surface area contributed by atoms with Crippen LogP contribution in [0.1, 0.15) is 12.5 Å². The zero-order valence-corrected chi connectivity index (χ0v) is 13.9. The summed E-state index contributed by atoms with van der Waals surface area (Å²) in [6.07, 6.45) is 0.257. The van der Waals surface area contributed by atoms with E-state index in [1.165, 1.54) is 0 Å². The lowest BCUT2D eigenvalue weighted by Gasteiger charge is -2.15. The molecule has 0 unspecified atom stereocenters. The van der Waals surface area contributed by atoms with Gasteiger partial charge in [-0.15, -0.1) is 0 Å². The third-order valence-corrected chi connectivity index (χ3v) is 3.57. The first kappa shape index (κ1) is 18.6. The Balaban J connectivity index is 1.84. The largest absolute Gasteiger partial charge is 0.357 e. The summed E-state index contributed by atoms with van der Waals surface area (Å²) in [4.78, 5) is 28.3. The highest BCUT2D eigenvalue weighted by Crippen LogP contribution is 2.10. The second-order valence-corrected chi connectivity index (χ2v) is 5.38. The Morgan fingerprint density at radius 3 is 2.80 bits per heavy atom. The third-order valence-electron chi connectivity index (χ3n) is 3.57. The number of hydrogen-bond acceptors (Lipinski definition) is 3. The Labute approximate surface area is 144 Å². The van der Waals surface area contributed by atoms with E-state index in [2.05, 4.69) is 20.9 Å². The van der Waals surface area contributed by atoms with Crippen molar-refractivity contribution in [3.63, 3.8) is 0 Å². The number of carbonyl (C=O) groups excluding carboxylic acids is 2. The highest BCUT2D eigenvalue weighted by molar-refractivity contribution is 6.01. The van der Waals surface area contributed by atoms with Crippen LogP contribution in [0.3, 0.4) is 0 Å². The molecular formula is C16H21F2N5O2. The van der Waals surface area contributed by atoms with Crippen LogP contribution in [0.25, 0.3) is 0 Å². The molecule has 3 amide bonds. The average Bonchev–Trinajstić information content (AvgIpc) is 2.90. The molecule has 1 saturated heterocycles. The lowest BCUT2D eigenvalue weighted by Crippen LogP contribution is -2.43. The zero-order valence-electron chi connectivity index (χ0n) is 13.9. The molecule has 2 rings (SSSR count). The zero-order chi connectivity index (χ0) is 18.2. The maximum Gasteiger partial charge on any atom is 0.324 e. The minimum absolute atomic E-state index is 0.0200. The monoisotopic (exact) mass is 353 g/mol. The van der Waals surface area contributed by atoms with Crippen LogP contribution in [0.4, 0.5) is 13.6 Å². The van der Waals surface area contributed by atoms with Gasteiger partial charge in [-0.25, -0.2) is 13.6 Å². The number of urea groups is 1. The molecule has 1 aliphatic heterocycles. The number of hydrogen-bond donors (Lipinski definition) is 3. The number of amides is 3. The van der Waals surface area contributed by atoms with Crippen LogP contribution in [0.15, 0.2) is 23.2 Å². The molecular weight excluding hydrogens is 332 g/mol. The van der Waals surface area contributed by atoms with Crippen molar-refractivity contribution in [2.24, 2.45) is 4.99 Å². The molecule has 0 aliphatic carbocycles. The van der Waals surface area contributed by atoms with E-state index in [1.54, 1.807) is 0 Å². The quantitative estimate of drug-likeness (QED) is 0.381. The van der Waals surface area contributed by atoms with Crippen LogP contribution < -0.4 is 16.0 Å². The predicted octanol–water partition coefficient (Wildman–Crippen LogP) is 0.614. The van der Waals surface area contributed by atoms with Crippen molar-refractivity contribution >= 4 is 17.9 Å². The lowest BCUT2D eigenvalue weighted by molar-refractivity contribution is -0.124. The van der Waals surface area contributed by atoms with Crippen molar-refractivity contribution in [2.45, 2.75) is 13.3 Å². The van der Waals surface area contributed by atoms with Gasteiger partial charge in [-0.2, -0.15) is 0 Å². The van der Waals surface area contributed by atoms with E-state index >= 15 is 0 Å². The molecule has 0 aromatic heterocycles. The van der Waals surface area contributed by atoms with Gasteiger partial charge in [0.2, 0.25) is 5.91 Å². The van der Waals surface area contributed by atoms with Crippen LogP contribution in [0.5, 0.6) is 0 Å². The van der Waals surface area contributed by atoms with Gasteiger partial charge < -0.3 is 16.0 Å². The Morgan fingerprint density at radius 2 is 2.12 bits per heavy atom. The summed E-state index contributed by atoms with van der Waals surface area (Å²) in [5.74, 6) is -0.742. The summed E-state index contributed by atoms with van der Waals surface area (Å²) in [5.41, 5.74) is 0.263. The standard InChI is InChI=1S/C16H21F2N5O2/c1-2-19-15(21-7-8-23-14(24)10-22-16(23)25)20-6-5-11-9-12(17)3-4-13(11)18/h3-4,9H,2,5-8,10H2,1H3,(H,22,25)(H2,19,20,21). The van der Waals surface area contributed by atoms with Crippen molar-refractivity contribution in [1.29, 1.82) is 0 Å². The van der Waals surface area contributed by atoms with Gasteiger partial charge >= 0.3 is 6.03 Å². The average molecular weight is 353 g/mol. The molecule has 9 heteroatoms. The number of rotatable bonds is 7. The van der Waals surface area contributed by atoms with Crippen molar-refractivity contribution in [2.75, 3.05) is 32.7 Å². The van der Waals surface area contributed by atoms with Gasteiger partial charge in [0, 0.05) is 26.2 Å². The summed E-state index contributed by atoms with van der Waals surface area (Å²) >= 11 is 0. The molecule has 0 bridgehead atoms. The molecule has 136 valence electrons. The number of nitrogens with zero attached hydrogens (tertiary/aromatic N) is 2. The van der Waals surface area contributed by atoms with Crippen LogP contribution >= 0.6 is 0 Å². The van der Waals surface area contributed by atoms with Crippen LogP contribution in [0, 0.1) is 11.6 Å². The molecule has 0 atom stereocenters. The number of carbonyl (C=O) groups is 2. The minimum atomic E-state index is -0.487. The van der Waals surface area contributed by atoms with Crippen LogP contribution in [0.2, 0.25) is 0 Å². The number of benzene rings is 1. The lowest BCUT2D eigenvalue weighted by atomic mass is 10.1. The smallest absolute Gasteiger partial charge is 0.324 e. The molecule has 25 heavy (non-hydrogen) atoms. The van der Waals surface area contributed by atoms with E-state index in [0.717, 1.165) is 23.1 Å². The molecule has 1 aromatic rings. The van der Waals surface area contributed by atoms with E-state index < -0.39 is 17.7 Å². The molecule has 1 aliphatic rings. The molecule has 0 saturated carbocycles. The first-order chi connectivity index (χ1) is 12.0. The molecule has 0 spiro atoms. The first-order valence-corrected chi connectivity index (χ1v) is 8.05. The normalized spacial score (nSPS) is 14.7. The number of halogens is 2. The predicted molar refractivity (Wildman–Crippen MR) is 89.2 cm³/mol. The Kier molecular flexibility index (Phi) is 6.67. The third kappa shape index (κ3) is 5.40. The van der Waals surface area contributed by atoms with E-state index in [0.29, 0.717) is 19.0 Å². The Morgan fingerprint density at radius 1 is 1.32 bits per heavy atom. The van der Waals surface area contributed by atoms with E-state index in [1.807, 2.05) is 6.92 Å². The van der Waals surface area contributed by atoms with Gasteiger partial charge in [0.1, 0.15) is 11.6 Å². The van der Waals surface area contributed by atoms with Gasteiger partial charge in [0.15, 0.2) is 5.96 Å². The fourth-order valence-corrected chi connectivity index (χ4v) is 2.33. The Bertz CT molecular complexity index is 650. The van der Waals surface area contributed by atoms with Gasteiger partial charge in [0.25, 0.3) is 0 Å². The molecule has 0 radical (unpaired) electrons. The van der Waals surface area contributed by atoms with Gasteiger partial charge in [-0.1, -0.05) is 0 Å². The topological polar surface area (TPSA) is 85.8 Å². The maximum atomic E-state index is 13.6. The molecule has 1 fully saturated rings. The summed E-state index contributed by atoms with van der Waals surface area (Å²) in [7, 11) is 0. The molecule has 1 heterocycles. The summed E-state index contributed by atoms with van der Waals surface area (Å²) in [6, 6.07) is 2.91. The second-order valence-electron chi connectivity index (χ2n) is 5.38. The van der Waals surface area contributed by atoms with E-state index in [4.69, 9.17) is 0 Å². The number of aliphatic imine (C=N–C) groups is 1. The molecule has 3 N–H and O–H groups in total. The maximum absolute atomic E-state index is 13.6. The van der Waals surface area contributed by atoms with E-state index in [9.17, 15) is 18.4 Å². The first-order valence-electron chi connectivity index (χ1n) is 8.05. The van der Waals surface area contributed by atoms with Gasteiger partial charge in [0.05, 0.1) is 6.54 Å². The molecule has 7 nitrogen and oxygen atoms in total. The SMILES string of the molecule is CCNC(=NCCc1cc(F)ccc1F)NCCN1C(=O)CNC1=O. The fourth-order valence-electron chi connectivity index (χ4n) is 2.33. The summed E-state index contributed by atoms with van der Waals surface area (Å²) < 4.78 is 26.7. The van der Waals surface area contributed by atoms with Crippen molar-refractivity contribution in [1.82, 2.24) is 20.9 Å². The van der Waals surface area contributed by atoms with Gasteiger partial charge in [-0.05, 0) is 37.1 Å². The fraction of sp³-hybridized carbons (Fsp3) is 0.438. The Hall–Kier alpha value is -2.71. The molecule has 1 aromatic carbocycles. The van der Waals surface area contributed by atoms with Crippen molar-refractivity contribution in [3.8, 4) is 0 Å². The van der Waals surface area contributed by atoms with Gasteiger partial charge in [-0.3, -0.25) is 14.7 Å². The van der Waals surface area contributed by atoms with E-state index in [-0.39, 0.29) is 37.5 Å². The number of guanidine groups is 1. The number of nitrogens with one attached hydrogen (secondary N) is 3. The summed E-state index contributed by atoms with van der Waals surface area (Å²) in [5, 5.41) is 8.45. The van der Waals surface area contributed by atoms with Crippen molar-refractivity contribution < 1.29 is 18.4 Å². The summed E-state index contributed by atoms with van der Waals surface area (Å²) in [6.45, 7) is 3.34. The van der Waals surface area contributed by atoms with Crippen LogP contribution in [-0.2, 0) is 11.2 Å². The van der Waals surface area contributed by atoms with Crippen molar-refractivity contribution in [3.05, 3.63) is 35.4 Å². The second kappa shape index (κ2) is 8.95. The highest BCUT2D eigenvalue weighted by Gasteiger charge is 2.27. The van der Waals surface area contributed by atoms with Crippen LogP contribution in [-0.4, -0.2) is 55.5 Å². The minimum Gasteiger partial charge on any atom is -0.357 e. The number of imide groups is 1. The highest BCUT2D eigenvalue weighted by atomic mass is 19.1.